The molecule has 0 saturated carbocycles. The SMILES string of the molecule is Cc1c(CCc2ccc(CS(=O)(=O)C(C)C)cc2)ccc2ncsc12. The highest BCUT2D eigenvalue weighted by Gasteiger charge is 2.16. The van der Waals surface area contributed by atoms with Crippen molar-refractivity contribution in [1.82, 2.24) is 4.98 Å². The maximum Gasteiger partial charge on any atom is 0.156 e. The van der Waals surface area contributed by atoms with Gasteiger partial charge in [-0.3, -0.25) is 0 Å². The molecule has 0 bridgehead atoms. The van der Waals surface area contributed by atoms with Gasteiger partial charge in [-0.2, -0.15) is 0 Å². The van der Waals surface area contributed by atoms with Crippen molar-refractivity contribution in [3.63, 3.8) is 0 Å². The van der Waals surface area contributed by atoms with Gasteiger partial charge in [-0.05, 0) is 61.9 Å². The second-order valence-electron chi connectivity index (χ2n) is 6.72. The maximum atomic E-state index is 12.0. The summed E-state index contributed by atoms with van der Waals surface area (Å²) in [7, 11) is -3.05. The minimum Gasteiger partial charge on any atom is -0.245 e. The largest absolute Gasteiger partial charge is 0.245 e. The Hall–Kier alpha value is -1.72. The van der Waals surface area contributed by atoms with Crippen LogP contribution >= 0.6 is 11.3 Å². The monoisotopic (exact) mass is 373 g/mol. The van der Waals surface area contributed by atoms with E-state index < -0.39 is 9.84 Å². The van der Waals surface area contributed by atoms with Crippen LogP contribution in [-0.4, -0.2) is 18.7 Å². The standard InChI is InChI=1S/C20H23NO2S2/c1-14(2)25(22,23)12-17-6-4-16(5-7-17)8-9-18-10-11-19-20(15(18)3)24-13-21-19/h4-7,10-11,13-14H,8-9,12H2,1-3H3. The lowest BCUT2D eigenvalue weighted by Gasteiger charge is -2.09. The van der Waals surface area contributed by atoms with Gasteiger partial charge in [0, 0.05) is 0 Å². The summed E-state index contributed by atoms with van der Waals surface area (Å²) in [6.07, 6.45) is 1.92. The topological polar surface area (TPSA) is 47.0 Å². The number of benzene rings is 2. The molecule has 0 N–H and O–H groups in total. The van der Waals surface area contributed by atoms with Crippen LogP contribution in [0.1, 0.15) is 36.1 Å². The molecule has 0 unspecified atom stereocenters. The first-order valence-corrected chi connectivity index (χ1v) is 11.1. The molecule has 1 heterocycles. The Labute approximate surface area is 153 Å². The van der Waals surface area contributed by atoms with Crippen molar-refractivity contribution in [3.05, 3.63) is 64.2 Å². The van der Waals surface area contributed by atoms with Crippen molar-refractivity contribution in [1.29, 1.82) is 0 Å². The molecule has 0 spiro atoms. The number of rotatable bonds is 6. The van der Waals surface area contributed by atoms with Gasteiger partial charge in [-0.1, -0.05) is 30.3 Å². The minimum absolute atomic E-state index is 0.117. The minimum atomic E-state index is -3.05. The average Bonchev–Trinajstić information content (AvgIpc) is 3.05. The zero-order valence-electron chi connectivity index (χ0n) is 14.8. The predicted octanol–water partition coefficient (Wildman–Crippen LogP) is 4.71. The van der Waals surface area contributed by atoms with Crippen molar-refractivity contribution in [2.45, 2.75) is 44.6 Å². The molecule has 0 aliphatic heterocycles. The summed E-state index contributed by atoms with van der Waals surface area (Å²) >= 11 is 1.69. The maximum absolute atomic E-state index is 12.0. The van der Waals surface area contributed by atoms with E-state index in [2.05, 4.69) is 24.0 Å². The van der Waals surface area contributed by atoms with E-state index in [4.69, 9.17) is 0 Å². The molecule has 25 heavy (non-hydrogen) atoms. The molecule has 0 radical (unpaired) electrons. The third-order valence-electron chi connectivity index (χ3n) is 4.65. The zero-order valence-corrected chi connectivity index (χ0v) is 16.5. The molecule has 5 heteroatoms. The molecule has 132 valence electrons. The highest BCUT2D eigenvalue weighted by molar-refractivity contribution is 7.91. The van der Waals surface area contributed by atoms with Gasteiger partial charge in [0.25, 0.3) is 0 Å². The van der Waals surface area contributed by atoms with E-state index in [9.17, 15) is 8.42 Å². The Morgan fingerprint density at radius 3 is 2.36 bits per heavy atom. The fourth-order valence-electron chi connectivity index (χ4n) is 2.86. The van der Waals surface area contributed by atoms with E-state index in [1.54, 1.807) is 25.2 Å². The number of nitrogens with zero attached hydrogens (tertiary/aromatic N) is 1. The summed E-state index contributed by atoms with van der Waals surface area (Å²) in [5.41, 5.74) is 7.73. The van der Waals surface area contributed by atoms with Gasteiger partial charge in [-0.15, -0.1) is 11.3 Å². The molecule has 1 aromatic heterocycles. The molecule has 0 aliphatic carbocycles. The first-order chi connectivity index (χ1) is 11.9. The lowest BCUT2D eigenvalue weighted by Crippen LogP contribution is -2.15. The van der Waals surface area contributed by atoms with Gasteiger partial charge >= 0.3 is 0 Å². The van der Waals surface area contributed by atoms with Crippen molar-refractivity contribution in [2.75, 3.05) is 0 Å². The predicted molar refractivity (Wildman–Crippen MR) is 106 cm³/mol. The van der Waals surface area contributed by atoms with Crippen molar-refractivity contribution < 1.29 is 8.42 Å². The molecule has 0 amide bonds. The normalized spacial score (nSPS) is 12.2. The fraction of sp³-hybridized carbons (Fsp3) is 0.350. The first kappa shape index (κ1) is 18.1. The zero-order chi connectivity index (χ0) is 18.0. The van der Waals surface area contributed by atoms with E-state index in [1.165, 1.54) is 21.4 Å². The summed E-state index contributed by atoms with van der Waals surface area (Å²) in [6.45, 7) is 5.62. The number of hydrogen-bond acceptors (Lipinski definition) is 4. The Balaban J connectivity index is 1.68. The van der Waals surface area contributed by atoms with Gasteiger partial charge < -0.3 is 0 Å². The van der Waals surface area contributed by atoms with Crippen LogP contribution in [0.25, 0.3) is 10.2 Å². The van der Waals surface area contributed by atoms with Crippen molar-refractivity contribution >= 4 is 31.4 Å². The summed E-state index contributed by atoms with van der Waals surface area (Å²) in [5.74, 6) is 0.117. The molecule has 0 fully saturated rings. The van der Waals surface area contributed by atoms with Gasteiger partial charge in [-0.25, -0.2) is 13.4 Å². The molecule has 0 saturated heterocycles. The van der Waals surface area contributed by atoms with Gasteiger partial charge in [0.2, 0.25) is 0 Å². The highest BCUT2D eigenvalue weighted by atomic mass is 32.2. The van der Waals surface area contributed by atoms with Crippen LogP contribution in [-0.2, 0) is 28.4 Å². The Bertz CT molecular complexity index is 971. The van der Waals surface area contributed by atoms with Gasteiger partial charge in [0.05, 0.1) is 26.7 Å². The molecule has 0 aliphatic rings. The van der Waals surface area contributed by atoms with E-state index in [0.717, 1.165) is 23.9 Å². The molecule has 3 aromatic rings. The van der Waals surface area contributed by atoms with E-state index in [1.807, 2.05) is 29.8 Å². The lowest BCUT2D eigenvalue weighted by atomic mass is 10.00. The average molecular weight is 374 g/mol. The van der Waals surface area contributed by atoms with Crippen LogP contribution in [0.4, 0.5) is 0 Å². The van der Waals surface area contributed by atoms with Crippen molar-refractivity contribution in [2.24, 2.45) is 0 Å². The Morgan fingerprint density at radius 2 is 1.68 bits per heavy atom. The number of fused-ring (bicyclic) bond motifs is 1. The molecule has 3 rings (SSSR count). The van der Waals surface area contributed by atoms with Crippen LogP contribution in [0.2, 0.25) is 0 Å². The molecule has 0 atom stereocenters. The summed E-state index contributed by atoms with van der Waals surface area (Å²) in [5, 5.41) is -0.336. The summed E-state index contributed by atoms with van der Waals surface area (Å²) < 4.78 is 25.3. The summed E-state index contributed by atoms with van der Waals surface area (Å²) in [6, 6.07) is 12.2. The van der Waals surface area contributed by atoms with Gasteiger partial charge in [0.1, 0.15) is 0 Å². The van der Waals surface area contributed by atoms with Crippen molar-refractivity contribution in [3.8, 4) is 0 Å². The third-order valence-corrected chi connectivity index (χ3v) is 7.79. The lowest BCUT2D eigenvalue weighted by molar-refractivity contribution is 0.586. The Kier molecular flexibility index (Phi) is 5.25. The first-order valence-electron chi connectivity index (χ1n) is 8.48. The number of aromatic nitrogens is 1. The van der Waals surface area contributed by atoms with Crippen LogP contribution in [0, 0.1) is 6.92 Å². The fourth-order valence-corrected chi connectivity index (χ4v) is 4.67. The van der Waals surface area contributed by atoms with Crippen LogP contribution < -0.4 is 0 Å². The molecule has 3 nitrogen and oxygen atoms in total. The number of sulfone groups is 1. The highest BCUT2D eigenvalue weighted by Crippen LogP contribution is 2.25. The molecular formula is C20H23NO2S2. The Morgan fingerprint density at radius 1 is 1.00 bits per heavy atom. The van der Waals surface area contributed by atoms with Gasteiger partial charge in [0.15, 0.2) is 9.84 Å². The second kappa shape index (κ2) is 7.26. The molecule has 2 aromatic carbocycles. The quantitative estimate of drug-likeness (QED) is 0.628. The number of aryl methyl sites for hydroxylation is 3. The van der Waals surface area contributed by atoms with Crippen LogP contribution in [0.3, 0.4) is 0 Å². The van der Waals surface area contributed by atoms with E-state index >= 15 is 0 Å². The third kappa shape index (κ3) is 4.10. The van der Waals surface area contributed by atoms with Crippen LogP contribution in [0.15, 0.2) is 41.9 Å². The second-order valence-corrected chi connectivity index (χ2v) is 10.1. The van der Waals surface area contributed by atoms with Crippen LogP contribution in [0.5, 0.6) is 0 Å². The smallest absolute Gasteiger partial charge is 0.156 e. The number of hydrogen-bond donors (Lipinski definition) is 0. The number of thiazole rings is 1. The summed E-state index contributed by atoms with van der Waals surface area (Å²) in [4.78, 5) is 4.36. The molecular weight excluding hydrogens is 350 g/mol. The van der Waals surface area contributed by atoms with E-state index in [0.29, 0.717) is 0 Å². The van der Waals surface area contributed by atoms with E-state index in [-0.39, 0.29) is 11.0 Å².